The maximum absolute atomic E-state index is 14.1. The van der Waals surface area contributed by atoms with Crippen molar-refractivity contribution in [1.82, 2.24) is 19.5 Å². The molecule has 36 heavy (non-hydrogen) atoms. The molecule has 0 radical (unpaired) electrons. The molecule has 3 aromatic rings. The number of alkyl halides is 2. The summed E-state index contributed by atoms with van der Waals surface area (Å²) in [7, 11) is 0. The molecule has 3 saturated carbocycles. The number of ether oxygens (including phenoxy) is 2. The first-order chi connectivity index (χ1) is 17.2. The predicted octanol–water partition coefficient (Wildman–Crippen LogP) is 5.42. The van der Waals surface area contributed by atoms with Gasteiger partial charge in [0.05, 0.1) is 24.2 Å². The van der Waals surface area contributed by atoms with Gasteiger partial charge in [-0.15, -0.1) is 0 Å². The fourth-order valence-corrected chi connectivity index (χ4v) is 5.24. The zero-order valence-electron chi connectivity index (χ0n) is 20.0. The van der Waals surface area contributed by atoms with Gasteiger partial charge in [0.15, 0.2) is 11.2 Å². The monoisotopic (exact) mass is 491 g/mol. The molecule has 0 atom stereocenters. The molecule has 0 aliphatic heterocycles. The first-order valence-corrected chi connectivity index (χ1v) is 11.5. The number of fused-ring (bicyclic) bond motifs is 1. The van der Waals surface area contributed by atoms with Crippen LogP contribution in [0.1, 0.15) is 49.4 Å². The molecule has 2 bridgehead atoms. The number of allylic oxidation sites excluding steroid dienone is 1. The van der Waals surface area contributed by atoms with E-state index < -0.39 is 6.55 Å². The van der Waals surface area contributed by atoms with E-state index in [1.54, 1.807) is 13.0 Å². The fraction of sp³-hybridized carbons (Fsp3) is 0.400. The number of nitrogens with zero attached hydrogens (tertiary/aromatic N) is 6. The summed E-state index contributed by atoms with van der Waals surface area (Å²) >= 11 is 0. The number of halogens is 2. The first kappa shape index (κ1) is 23.5. The van der Waals surface area contributed by atoms with Crippen LogP contribution in [0.2, 0.25) is 0 Å². The van der Waals surface area contributed by atoms with Crippen LogP contribution in [0.15, 0.2) is 18.2 Å². The van der Waals surface area contributed by atoms with E-state index in [1.165, 1.54) is 6.08 Å². The number of nitrogens with one attached hydrogen (secondary N) is 1. The van der Waals surface area contributed by atoms with E-state index in [9.17, 15) is 14.0 Å². The van der Waals surface area contributed by atoms with E-state index in [1.807, 2.05) is 32.0 Å². The van der Waals surface area contributed by atoms with Gasteiger partial charge in [0, 0.05) is 11.6 Å². The quantitative estimate of drug-likeness (QED) is 0.414. The standard InChI is InChI=1S/C25H23F2N7O2/c1-4-35-23-31-19-17(34(23)21(26)27)20(32-22(30-19)33-25-10-24(11-25,12-25)13-29)36-18-14(2)8-16(6-5-7-28)9-15(18)3/h5-6,8-9,21H,4,10-12H2,1-3H3,(H,30,32,33)/b6-5+. The number of imidazole rings is 1. The lowest BCUT2D eigenvalue weighted by Gasteiger charge is -2.66. The summed E-state index contributed by atoms with van der Waals surface area (Å²) in [6.07, 6.45) is 5.09. The smallest absolute Gasteiger partial charge is 0.323 e. The molecule has 0 unspecified atom stereocenters. The Morgan fingerprint density at radius 3 is 2.44 bits per heavy atom. The van der Waals surface area contributed by atoms with E-state index in [-0.39, 0.29) is 46.6 Å². The van der Waals surface area contributed by atoms with E-state index in [0.717, 1.165) is 16.7 Å². The van der Waals surface area contributed by atoms with Gasteiger partial charge < -0.3 is 14.8 Å². The molecule has 3 aliphatic carbocycles. The highest BCUT2D eigenvalue weighted by Crippen LogP contribution is 2.67. The Kier molecular flexibility index (Phi) is 5.51. The summed E-state index contributed by atoms with van der Waals surface area (Å²) in [5, 5.41) is 21.4. The maximum Gasteiger partial charge on any atom is 0.323 e. The minimum atomic E-state index is -2.96. The third kappa shape index (κ3) is 3.77. The normalized spacial score (nSPS) is 22.1. The molecule has 11 heteroatoms. The number of aromatic nitrogens is 4. The number of benzene rings is 1. The van der Waals surface area contributed by atoms with Crippen LogP contribution in [0.5, 0.6) is 17.6 Å². The van der Waals surface area contributed by atoms with E-state index >= 15 is 0 Å². The van der Waals surface area contributed by atoms with Gasteiger partial charge in [-0.25, -0.2) is 4.57 Å². The second-order valence-corrected chi connectivity index (χ2v) is 9.38. The predicted molar refractivity (Wildman–Crippen MR) is 127 cm³/mol. The van der Waals surface area contributed by atoms with Crippen LogP contribution < -0.4 is 14.8 Å². The van der Waals surface area contributed by atoms with Crippen LogP contribution in [0.25, 0.3) is 17.2 Å². The topological polar surface area (TPSA) is 122 Å². The van der Waals surface area contributed by atoms with Gasteiger partial charge in [-0.05, 0) is 74.9 Å². The summed E-state index contributed by atoms with van der Waals surface area (Å²) in [5.74, 6) is 0.549. The van der Waals surface area contributed by atoms with Crippen LogP contribution in [-0.4, -0.2) is 31.7 Å². The van der Waals surface area contributed by atoms with Crippen molar-refractivity contribution < 1.29 is 18.3 Å². The van der Waals surface area contributed by atoms with Crippen molar-refractivity contribution in [1.29, 1.82) is 10.5 Å². The average Bonchev–Trinajstić information content (AvgIpc) is 3.14. The third-order valence-corrected chi connectivity index (χ3v) is 6.63. The molecule has 184 valence electrons. The highest BCUT2D eigenvalue weighted by Gasteiger charge is 2.69. The minimum absolute atomic E-state index is 0.0109. The summed E-state index contributed by atoms with van der Waals surface area (Å²) in [6.45, 7) is 2.50. The van der Waals surface area contributed by atoms with E-state index in [0.29, 0.717) is 29.6 Å². The number of anilines is 1. The average molecular weight is 492 g/mol. The van der Waals surface area contributed by atoms with Crippen LogP contribution in [0, 0.1) is 41.9 Å². The molecular formula is C25H23F2N7O2. The molecular weight excluding hydrogens is 468 g/mol. The van der Waals surface area contributed by atoms with Crippen LogP contribution in [0.4, 0.5) is 14.7 Å². The number of aryl methyl sites for hydroxylation is 2. The number of hydrogen-bond acceptors (Lipinski definition) is 8. The van der Waals surface area contributed by atoms with E-state index in [4.69, 9.17) is 14.7 Å². The van der Waals surface area contributed by atoms with Gasteiger partial charge in [0.1, 0.15) is 5.75 Å². The Labute approximate surface area is 206 Å². The Balaban J connectivity index is 1.60. The van der Waals surface area contributed by atoms with Crippen LogP contribution >= 0.6 is 0 Å². The molecule has 6 rings (SSSR count). The van der Waals surface area contributed by atoms with Gasteiger partial charge in [-0.1, -0.05) is 0 Å². The molecule has 0 amide bonds. The second-order valence-electron chi connectivity index (χ2n) is 9.38. The molecule has 1 N–H and O–H groups in total. The van der Waals surface area contributed by atoms with Gasteiger partial charge in [-0.2, -0.15) is 34.3 Å². The summed E-state index contributed by atoms with van der Waals surface area (Å²) in [5.41, 5.74) is 1.63. The van der Waals surface area contributed by atoms with Gasteiger partial charge in [0.25, 0.3) is 5.88 Å². The van der Waals surface area contributed by atoms with Crippen molar-refractivity contribution in [2.45, 2.75) is 52.1 Å². The van der Waals surface area contributed by atoms with Crippen molar-refractivity contribution in [3.8, 4) is 29.8 Å². The van der Waals surface area contributed by atoms with Crippen molar-refractivity contribution >= 4 is 23.2 Å². The van der Waals surface area contributed by atoms with Gasteiger partial charge in [0.2, 0.25) is 5.95 Å². The Morgan fingerprint density at radius 2 is 1.86 bits per heavy atom. The molecule has 0 saturated heterocycles. The highest BCUT2D eigenvalue weighted by atomic mass is 19.3. The minimum Gasteiger partial charge on any atom is -0.465 e. The van der Waals surface area contributed by atoms with Gasteiger partial charge >= 0.3 is 12.6 Å². The second kappa shape index (κ2) is 8.45. The zero-order chi connectivity index (χ0) is 25.7. The number of nitriles is 2. The van der Waals surface area contributed by atoms with E-state index in [2.05, 4.69) is 26.3 Å². The molecule has 2 heterocycles. The molecule has 0 spiro atoms. The summed E-state index contributed by atoms with van der Waals surface area (Å²) in [6, 6.07) is 7.68. The Morgan fingerprint density at radius 1 is 1.17 bits per heavy atom. The highest BCUT2D eigenvalue weighted by molar-refractivity contribution is 5.80. The molecule has 1 aromatic carbocycles. The summed E-state index contributed by atoms with van der Waals surface area (Å²) in [4.78, 5) is 13.1. The van der Waals surface area contributed by atoms with Crippen molar-refractivity contribution in [2.24, 2.45) is 5.41 Å². The third-order valence-electron chi connectivity index (χ3n) is 6.63. The largest absolute Gasteiger partial charge is 0.465 e. The zero-order valence-corrected chi connectivity index (χ0v) is 20.0. The van der Waals surface area contributed by atoms with Gasteiger partial charge in [-0.3, -0.25) is 0 Å². The van der Waals surface area contributed by atoms with Crippen LogP contribution in [0.3, 0.4) is 0 Å². The number of rotatable bonds is 8. The van der Waals surface area contributed by atoms with Crippen molar-refractivity contribution in [3.63, 3.8) is 0 Å². The molecule has 2 aromatic heterocycles. The lowest BCUT2D eigenvalue weighted by atomic mass is 9.40. The maximum atomic E-state index is 14.1. The fourth-order valence-electron chi connectivity index (χ4n) is 5.24. The lowest BCUT2D eigenvalue weighted by Crippen LogP contribution is -2.70. The number of hydrogen-bond donors (Lipinski definition) is 1. The van der Waals surface area contributed by atoms with Crippen molar-refractivity contribution in [2.75, 3.05) is 11.9 Å². The SMILES string of the molecule is CCOc1nc2nc(NC34CC(C#N)(C3)C4)nc(Oc3c(C)cc(/C=C/C#N)cc3C)c2n1C(F)F. The molecule has 3 aliphatic rings. The first-order valence-electron chi connectivity index (χ1n) is 11.5. The Bertz CT molecular complexity index is 1440. The van der Waals surface area contributed by atoms with Crippen LogP contribution in [-0.2, 0) is 0 Å². The molecule has 9 nitrogen and oxygen atoms in total. The lowest BCUT2D eigenvalue weighted by molar-refractivity contribution is -0.0665. The summed E-state index contributed by atoms with van der Waals surface area (Å²) < 4.78 is 40.4. The Hall–Kier alpha value is -4.25. The van der Waals surface area contributed by atoms with Crippen molar-refractivity contribution in [3.05, 3.63) is 34.9 Å². The molecule has 3 fully saturated rings.